The summed E-state index contributed by atoms with van der Waals surface area (Å²) in [5, 5.41) is 4.39. The zero-order valence-electron chi connectivity index (χ0n) is 17.4. The maximum atomic E-state index is 13.6. The third-order valence-electron chi connectivity index (χ3n) is 5.63. The van der Waals surface area contributed by atoms with Crippen molar-refractivity contribution in [2.45, 2.75) is 24.8 Å². The number of halogens is 2. The van der Waals surface area contributed by atoms with Gasteiger partial charge in [-0.1, -0.05) is 6.07 Å². The van der Waals surface area contributed by atoms with Gasteiger partial charge in [-0.05, 0) is 48.1 Å². The van der Waals surface area contributed by atoms with Gasteiger partial charge in [0.15, 0.2) is 0 Å². The molecule has 31 heavy (non-hydrogen) atoms. The number of amides is 1. The zero-order valence-corrected chi connectivity index (χ0v) is 18.3. The molecule has 0 fully saturated rings. The fraction of sp³-hybridized carbons (Fsp3) is 0.304. The van der Waals surface area contributed by atoms with Gasteiger partial charge in [0.05, 0.1) is 11.9 Å². The number of carbonyl (C=O) groups excluding carboxylic acids is 1. The molecule has 0 unspecified atom stereocenters. The van der Waals surface area contributed by atoms with Crippen molar-refractivity contribution in [2.75, 3.05) is 12.8 Å². The molecule has 2 N–H and O–H groups in total. The van der Waals surface area contributed by atoms with Gasteiger partial charge in [-0.3, -0.25) is 9.48 Å². The van der Waals surface area contributed by atoms with E-state index < -0.39 is 11.6 Å². The van der Waals surface area contributed by atoms with Gasteiger partial charge in [0.2, 0.25) is 0 Å². The van der Waals surface area contributed by atoms with Crippen LogP contribution in [0.4, 0.5) is 8.78 Å². The third kappa shape index (κ3) is 4.22. The molecule has 0 aliphatic carbocycles. The van der Waals surface area contributed by atoms with Crippen LogP contribution < -0.4 is 5.73 Å². The minimum absolute atomic E-state index is 0.108. The molecule has 0 spiro atoms. The first kappa shape index (κ1) is 21.5. The Hall–Kier alpha value is -2.71. The van der Waals surface area contributed by atoms with Gasteiger partial charge in [-0.25, -0.2) is 8.78 Å². The molecule has 0 saturated carbocycles. The number of rotatable bonds is 7. The zero-order chi connectivity index (χ0) is 22.1. The molecule has 1 aliphatic rings. The molecule has 5 nitrogen and oxygen atoms in total. The van der Waals surface area contributed by atoms with Crippen LogP contribution in [0.3, 0.4) is 0 Å². The smallest absolute Gasteiger partial charge is 0.254 e. The van der Waals surface area contributed by atoms with E-state index in [-0.39, 0.29) is 24.9 Å². The van der Waals surface area contributed by atoms with Crippen molar-refractivity contribution < 1.29 is 13.6 Å². The van der Waals surface area contributed by atoms with Crippen LogP contribution in [-0.2, 0) is 25.8 Å². The number of hydrogen-bond donors (Lipinski definition) is 1. The van der Waals surface area contributed by atoms with E-state index in [1.165, 1.54) is 12.1 Å². The van der Waals surface area contributed by atoms with Crippen LogP contribution in [-0.4, -0.2) is 39.4 Å². The average Bonchev–Trinajstić information content (AvgIpc) is 3.25. The van der Waals surface area contributed by atoms with Crippen LogP contribution in [0.2, 0.25) is 0 Å². The topological polar surface area (TPSA) is 64.2 Å². The fourth-order valence-electron chi connectivity index (χ4n) is 4.22. The fourth-order valence-corrected chi connectivity index (χ4v) is 4.75. The van der Waals surface area contributed by atoms with E-state index in [0.29, 0.717) is 17.7 Å². The van der Waals surface area contributed by atoms with E-state index in [2.05, 4.69) is 5.10 Å². The van der Waals surface area contributed by atoms with Crippen LogP contribution in [0.5, 0.6) is 0 Å². The average molecular weight is 443 g/mol. The van der Waals surface area contributed by atoms with Crippen LogP contribution in [0.15, 0.2) is 42.6 Å². The summed E-state index contributed by atoms with van der Waals surface area (Å²) in [6, 6.07) is 8.87. The first-order valence-electron chi connectivity index (χ1n) is 10.0. The lowest BCUT2D eigenvalue weighted by Gasteiger charge is -2.26. The number of benzene rings is 2. The maximum Gasteiger partial charge on any atom is 0.254 e. The summed E-state index contributed by atoms with van der Waals surface area (Å²) in [4.78, 5) is 14.8. The van der Waals surface area contributed by atoms with Gasteiger partial charge < -0.3 is 10.6 Å². The van der Waals surface area contributed by atoms with E-state index in [1.807, 2.05) is 42.4 Å². The molecule has 0 radical (unpaired) electrons. The van der Waals surface area contributed by atoms with Gasteiger partial charge in [0.1, 0.15) is 11.6 Å². The van der Waals surface area contributed by atoms with E-state index in [0.717, 1.165) is 34.2 Å². The van der Waals surface area contributed by atoms with Crippen molar-refractivity contribution in [2.24, 2.45) is 12.8 Å². The van der Waals surface area contributed by atoms with Crippen molar-refractivity contribution in [1.82, 2.24) is 14.7 Å². The molecule has 1 amide bonds. The summed E-state index contributed by atoms with van der Waals surface area (Å²) in [6.07, 6.45) is 4.21. The number of nitrogens with zero attached hydrogens (tertiary/aromatic N) is 3. The standard InChI is InChI=1S/C23H24F2N4OS/c1-28-22(17(11-27-28)13-31-2)15-3-4-21-16(8-15)12-29(23(21)30)20(10-26)7-14-5-18(24)9-19(25)6-14/h3-6,8-9,11,20H,7,10,12-13,26H2,1-2H3/t20-/m0/s1. The Morgan fingerprint density at radius 1 is 1.19 bits per heavy atom. The summed E-state index contributed by atoms with van der Waals surface area (Å²) >= 11 is 1.73. The van der Waals surface area contributed by atoms with Gasteiger partial charge in [-0.15, -0.1) is 0 Å². The number of thioether (sulfide) groups is 1. The minimum Gasteiger partial charge on any atom is -0.330 e. The highest BCUT2D eigenvalue weighted by atomic mass is 32.2. The highest BCUT2D eigenvalue weighted by Gasteiger charge is 2.32. The second-order valence-electron chi connectivity index (χ2n) is 7.75. The second-order valence-corrected chi connectivity index (χ2v) is 8.62. The van der Waals surface area contributed by atoms with Crippen molar-refractivity contribution >= 4 is 17.7 Å². The number of aryl methyl sites for hydroxylation is 1. The van der Waals surface area contributed by atoms with E-state index in [4.69, 9.17) is 5.73 Å². The number of nitrogens with two attached hydrogens (primary N) is 1. The predicted molar refractivity (Wildman–Crippen MR) is 119 cm³/mol. The molecule has 0 bridgehead atoms. The molecule has 2 aromatic carbocycles. The lowest BCUT2D eigenvalue weighted by atomic mass is 10.0. The number of aromatic nitrogens is 2. The van der Waals surface area contributed by atoms with Crippen LogP contribution in [0.25, 0.3) is 11.3 Å². The largest absolute Gasteiger partial charge is 0.330 e. The highest BCUT2D eigenvalue weighted by molar-refractivity contribution is 7.97. The number of fused-ring (bicyclic) bond motifs is 1. The van der Waals surface area contributed by atoms with Crippen LogP contribution in [0, 0.1) is 11.6 Å². The summed E-state index contributed by atoms with van der Waals surface area (Å²) in [5.74, 6) is -0.527. The molecule has 162 valence electrons. The first-order chi connectivity index (χ1) is 14.9. The van der Waals surface area contributed by atoms with E-state index in [1.54, 1.807) is 16.7 Å². The Morgan fingerprint density at radius 2 is 1.94 bits per heavy atom. The second kappa shape index (κ2) is 8.80. The van der Waals surface area contributed by atoms with E-state index >= 15 is 0 Å². The first-order valence-corrected chi connectivity index (χ1v) is 11.4. The normalized spacial score (nSPS) is 14.2. The molecule has 1 atom stereocenters. The SMILES string of the molecule is CSCc1cnn(C)c1-c1ccc2c(c1)CN([C@H](CN)Cc1cc(F)cc(F)c1)C2=O. The summed E-state index contributed by atoms with van der Waals surface area (Å²) in [5.41, 5.74) is 11.2. The number of hydrogen-bond acceptors (Lipinski definition) is 4. The molecule has 8 heteroatoms. The predicted octanol–water partition coefficient (Wildman–Crippen LogP) is 3.75. The van der Waals surface area contributed by atoms with Gasteiger partial charge >= 0.3 is 0 Å². The lowest BCUT2D eigenvalue weighted by molar-refractivity contribution is 0.0708. The van der Waals surface area contributed by atoms with E-state index in [9.17, 15) is 13.6 Å². The Labute approximate surface area is 184 Å². The van der Waals surface area contributed by atoms with Gasteiger partial charge in [-0.2, -0.15) is 16.9 Å². The molecule has 2 heterocycles. The maximum absolute atomic E-state index is 13.6. The van der Waals surface area contributed by atoms with Crippen molar-refractivity contribution in [3.63, 3.8) is 0 Å². The molecule has 3 aromatic rings. The summed E-state index contributed by atoms with van der Waals surface area (Å²) in [7, 11) is 1.91. The van der Waals surface area contributed by atoms with Crippen molar-refractivity contribution in [3.8, 4) is 11.3 Å². The molecule has 1 aromatic heterocycles. The Balaban J connectivity index is 1.61. The molecule has 0 saturated heterocycles. The Morgan fingerprint density at radius 3 is 2.61 bits per heavy atom. The van der Waals surface area contributed by atoms with Crippen molar-refractivity contribution in [1.29, 1.82) is 0 Å². The quantitative estimate of drug-likeness (QED) is 0.605. The van der Waals surface area contributed by atoms with Crippen molar-refractivity contribution in [3.05, 3.63) is 76.5 Å². The molecule has 1 aliphatic heterocycles. The Kier molecular flexibility index (Phi) is 6.11. The Bertz CT molecular complexity index is 1110. The summed E-state index contributed by atoms with van der Waals surface area (Å²) in [6.45, 7) is 0.613. The van der Waals surface area contributed by atoms with Gasteiger partial charge in [0.25, 0.3) is 5.91 Å². The molecular weight excluding hydrogens is 418 g/mol. The third-order valence-corrected chi connectivity index (χ3v) is 6.23. The van der Waals surface area contributed by atoms with Gasteiger partial charge in [0, 0.05) is 54.7 Å². The monoisotopic (exact) mass is 442 g/mol. The number of carbonyl (C=O) groups is 1. The lowest BCUT2D eigenvalue weighted by Crippen LogP contribution is -2.42. The van der Waals surface area contributed by atoms with Crippen LogP contribution in [0.1, 0.15) is 27.0 Å². The molecular formula is C23H24F2N4OS. The highest BCUT2D eigenvalue weighted by Crippen LogP contribution is 2.32. The minimum atomic E-state index is -0.635. The molecule has 4 rings (SSSR count). The van der Waals surface area contributed by atoms with Crippen LogP contribution >= 0.6 is 11.8 Å². The summed E-state index contributed by atoms with van der Waals surface area (Å²) < 4.78 is 29.0.